The summed E-state index contributed by atoms with van der Waals surface area (Å²) in [6.45, 7) is 11.5. The molecule has 1 atom stereocenters. The van der Waals surface area contributed by atoms with Gasteiger partial charge in [-0.15, -0.1) is 0 Å². The number of nitrogens with one attached hydrogen (secondary N) is 3. The highest BCUT2D eigenvalue weighted by Crippen LogP contribution is 2.29. The van der Waals surface area contributed by atoms with Crippen molar-refractivity contribution in [3.05, 3.63) is 76.5 Å². The van der Waals surface area contributed by atoms with Crippen LogP contribution in [0, 0.1) is 0 Å². The van der Waals surface area contributed by atoms with Crippen molar-refractivity contribution >= 4 is 39.8 Å². The first-order valence-corrected chi connectivity index (χ1v) is 19.7. The molecule has 2 fully saturated rings. The number of nitrogens with zero attached hydrogens (tertiary/aromatic N) is 6. The van der Waals surface area contributed by atoms with Gasteiger partial charge in [-0.25, -0.2) is 9.78 Å². The molecule has 0 saturated carbocycles. The van der Waals surface area contributed by atoms with E-state index in [9.17, 15) is 14.4 Å². The number of aromatic nitrogens is 5. The van der Waals surface area contributed by atoms with Gasteiger partial charge in [-0.3, -0.25) is 33.8 Å². The number of anilines is 1. The van der Waals surface area contributed by atoms with Crippen LogP contribution in [0.1, 0.15) is 56.2 Å². The molecule has 0 spiro atoms. The number of carbonyl (C=O) groups excluding carboxylic acids is 2. The fourth-order valence-electron chi connectivity index (χ4n) is 7.52. The summed E-state index contributed by atoms with van der Waals surface area (Å²) in [6.07, 6.45) is 8.36. The number of piperidine rings is 1. The number of hydrogen-bond acceptors (Lipinski definition) is 10. The number of imidazole rings is 1. The Morgan fingerprint density at radius 1 is 0.891 bits per heavy atom. The molecule has 0 unspecified atom stereocenters. The van der Waals surface area contributed by atoms with Crippen LogP contribution in [-0.2, 0) is 39.1 Å². The van der Waals surface area contributed by atoms with Crippen LogP contribution in [0.25, 0.3) is 33.2 Å². The number of ether oxygens (including phenoxy) is 2. The second-order valence-electron chi connectivity index (χ2n) is 14.6. The smallest absolute Gasteiger partial charge is 0.329 e. The summed E-state index contributed by atoms with van der Waals surface area (Å²) < 4.78 is 14.8. The van der Waals surface area contributed by atoms with E-state index in [1.807, 2.05) is 30.6 Å². The van der Waals surface area contributed by atoms with Gasteiger partial charge in [0.1, 0.15) is 11.7 Å². The van der Waals surface area contributed by atoms with E-state index >= 15 is 0 Å². The highest BCUT2D eigenvalue weighted by Gasteiger charge is 2.31. The molecule has 3 N–H and O–H groups in total. The van der Waals surface area contributed by atoms with Crippen LogP contribution < -0.4 is 16.3 Å². The number of rotatable bonds is 18. The van der Waals surface area contributed by atoms with Crippen molar-refractivity contribution in [3.63, 3.8) is 0 Å². The maximum Gasteiger partial charge on any atom is 0.329 e. The molecule has 0 aliphatic carbocycles. The van der Waals surface area contributed by atoms with Gasteiger partial charge >= 0.3 is 5.69 Å². The zero-order valence-electron chi connectivity index (χ0n) is 32.0. The molecule has 2 aliphatic heterocycles. The van der Waals surface area contributed by atoms with Crippen LogP contribution in [0.5, 0.6) is 0 Å². The summed E-state index contributed by atoms with van der Waals surface area (Å²) in [5, 5.41) is 6.68. The average molecular weight is 752 g/mol. The third kappa shape index (κ3) is 9.33. The Balaban J connectivity index is 0.756. The minimum atomic E-state index is -0.678. The van der Waals surface area contributed by atoms with Gasteiger partial charge in [0, 0.05) is 89.2 Å². The minimum Gasteiger partial charge on any atom is -0.379 e. The molecule has 0 radical (unpaired) electrons. The first-order valence-electron chi connectivity index (χ1n) is 19.7. The van der Waals surface area contributed by atoms with Crippen LogP contribution >= 0.6 is 0 Å². The fraction of sp³-hybridized carbons (Fsp3) is 0.488. The van der Waals surface area contributed by atoms with Gasteiger partial charge in [-0.1, -0.05) is 43.7 Å². The van der Waals surface area contributed by atoms with E-state index in [2.05, 4.69) is 66.6 Å². The second kappa shape index (κ2) is 18.2. The number of amides is 2. The normalized spacial score (nSPS) is 17.0. The summed E-state index contributed by atoms with van der Waals surface area (Å²) in [4.78, 5) is 54.5. The number of piperazine rings is 1. The molecule has 5 aromatic rings. The molecule has 14 heteroatoms. The molecule has 0 bridgehead atoms. The van der Waals surface area contributed by atoms with E-state index in [1.165, 1.54) is 10.1 Å². The standard InChI is InChI=1S/C41H53N9O5/c1-3-4-15-42-40-44-27-33-32(26-43-38(33)46-40)31-10-7-30(8-11-31)28-49-18-16-48(17-19-49)20-22-55-24-23-54-21-5-6-29-9-12-34-36(25-29)47(2)41(53)50(34)35-13-14-37(51)45-39(35)52/h7-12,25-27,35H,3-6,13-24,28H2,1-2H3,(H,45,51,52)(H2,42,43,44,46)/t35-/m0/s1. The fourth-order valence-corrected chi connectivity index (χ4v) is 7.52. The van der Waals surface area contributed by atoms with Crippen molar-refractivity contribution in [2.24, 2.45) is 7.05 Å². The van der Waals surface area contributed by atoms with Crippen molar-refractivity contribution in [1.29, 1.82) is 0 Å². The predicted molar refractivity (Wildman–Crippen MR) is 213 cm³/mol. The highest BCUT2D eigenvalue weighted by molar-refractivity contribution is 6.00. The monoisotopic (exact) mass is 751 g/mol. The number of imide groups is 1. The summed E-state index contributed by atoms with van der Waals surface area (Å²) in [6, 6.07) is 14.1. The molecule has 55 heavy (non-hydrogen) atoms. The van der Waals surface area contributed by atoms with Crippen molar-refractivity contribution < 1.29 is 19.1 Å². The Hall–Kier alpha value is -4.89. The number of unbranched alkanes of at least 4 members (excludes halogenated alkanes) is 1. The Labute approximate surface area is 321 Å². The molecule has 2 saturated heterocycles. The van der Waals surface area contributed by atoms with Crippen LogP contribution in [0.4, 0.5) is 5.95 Å². The average Bonchev–Trinajstić information content (AvgIpc) is 3.72. The second-order valence-corrected chi connectivity index (χ2v) is 14.6. The van der Waals surface area contributed by atoms with E-state index < -0.39 is 11.9 Å². The summed E-state index contributed by atoms with van der Waals surface area (Å²) in [5.74, 6) is -0.0543. The summed E-state index contributed by atoms with van der Waals surface area (Å²) in [5.41, 5.74) is 6.76. The zero-order valence-corrected chi connectivity index (χ0v) is 32.0. The molecule has 2 aliphatic rings. The van der Waals surface area contributed by atoms with Crippen molar-refractivity contribution in [3.8, 4) is 11.1 Å². The van der Waals surface area contributed by atoms with Gasteiger partial charge in [0.15, 0.2) is 0 Å². The maximum absolute atomic E-state index is 13.0. The van der Waals surface area contributed by atoms with Crippen LogP contribution in [-0.4, -0.2) is 111 Å². The Morgan fingerprint density at radius 2 is 1.65 bits per heavy atom. The van der Waals surface area contributed by atoms with Crippen LogP contribution in [0.2, 0.25) is 0 Å². The molecule has 3 aromatic heterocycles. The van der Waals surface area contributed by atoms with Gasteiger partial charge < -0.3 is 19.8 Å². The van der Waals surface area contributed by atoms with Gasteiger partial charge in [0.05, 0.1) is 30.9 Å². The first kappa shape index (κ1) is 38.4. The lowest BCUT2D eigenvalue weighted by molar-refractivity contribution is -0.135. The molecule has 2 aromatic carbocycles. The van der Waals surface area contributed by atoms with E-state index in [-0.39, 0.29) is 18.0 Å². The molecular formula is C41H53N9O5. The lowest BCUT2D eigenvalue weighted by Gasteiger charge is -2.34. The van der Waals surface area contributed by atoms with E-state index in [4.69, 9.17) is 9.47 Å². The van der Waals surface area contributed by atoms with E-state index in [1.54, 1.807) is 11.6 Å². The number of carbonyl (C=O) groups is 2. The third-order valence-electron chi connectivity index (χ3n) is 10.7. The summed E-state index contributed by atoms with van der Waals surface area (Å²) >= 11 is 0. The largest absolute Gasteiger partial charge is 0.379 e. The molecule has 2 amide bonds. The first-order chi connectivity index (χ1) is 26.9. The molecule has 7 rings (SSSR count). The topological polar surface area (TPSA) is 152 Å². The van der Waals surface area contributed by atoms with Gasteiger partial charge in [-0.05, 0) is 54.5 Å². The molecular weight excluding hydrogens is 699 g/mol. The predicted octanol–water partition coefficient (Wildman–Crippen LogP) is 4.25. The van der Waals surface area contributed by atoms with Gasteiger partial charge in [-0.2, -0.15) is 4.98 Å². The Bertz CT molecular complexity index is 2130. The molecule has 5 heterocycles. The lowest BCUT2D eigenvalue weighted by Crippen LogP contribution is -2.46. The Kier molecular flexibility index (Phi) is 12.7. The molecule has 292 valence electrons. The SMILES string of the molecule is CCCCNc1ncc2c(-c3ccc(CN4CCN(CCOCCOCCCc5ccc6c(c5)n(C)c(=O)n6[C@H]5CCC(=O)NC5=O)CC4)cc3)c[nH]c2n1. The van der Waals surface area contributed by atoms with Crippen molar-refractivity contribution in [1.82, 2.24) is 39.2 Å². The van der Waals surface area contributed by atoms with Crippen LogP contribution in [0.3, 0.4) is 0 Å². The van der Waals surface area contributed by atoms with Crippen LogP contribution in [0.15, 0.2) is 59.7 Å². The third-order valence-corrected chi connectivity index (χ3v) is 10.7. The highest BCUT2D eigenvalue weighted by atomic mass is 16.5. The maximum atomic E-state index is 13.0. The van der Waals surface area contributed by atoms with E-state index in [0.29, 0.717) is 44.3 Å². The van der Waals surface area contributed by atoms with Crippen molar-refractivity contribution in [2.45, 2.75) is 58.0 Å². The minimum absolute atomic E-state index is 0.224. The number of aromatic amines is 1. The number of aryl methyl sites for hydroxylation is 2. The van der Waals surface area contributed by atoms with Gasteiger partial charge in [0.25, 0.3) is 0 Å². The Morgan fingerprint density at radius 3 is 2.44 bits per heavy atom. The van der Waals surface area contributed by atoms with Crippen molar-refractivity contribution in [2.75, 3.05) is 71.0 Å². The number of hydrogen-bond donors (Lipinski definition) is 3. The number of H-pyrrole nitrogens is 1. The number of benzene rings is 2. The quantitative estimate of drug-likeness (QED) is 0.0876. The van der Waals surface area contributed by atoms with E-state index in [0.717, 1.165) is 105 Å². The molecule has 14 nitrogen and oxygen atoms in total. The summed E-state index contributed by atoms with van der Waals surface area (Å²) in [7, 11) is 1.71. The number of fused-ring (bicyclic) bond motifs is 2. The zero-order chi connectivity index (χ0) is 38.1. The lowest BCUT2D eigenvalue weighted by atomic mass is 10.0. The van der Waals surface area contributed by atoms with Gasteiger partial charge in [0.2, 0.25) is 17.8 Å².